The van der Waals surface area contributed by atoms with Crippen molar-refractivity contribution in [2.24, 2.45) is 9.98 Å². The van der Waals surface area contributed by atoms with Crippen LogP contribution in [0.5, 0.6) is 0 Å². The van der Waals surface area contributed by atoms with Crippen molar-refractivity contribution in [2.45, 2.75) is 6.18 Å². The quantitative estimate of drug-likeness (QED) is 0.736. The molecule has 0 aromatic heterocycles. The van der Waals surface area contributed by atoms with Crippen molar-refractivity contribution in [3.05, 3.63) is 65.1 Å². The van der Waals surface area contributed by atoms with E-state index in [0.717, 1.165) is 12.1 Å². The molecule has 116 valence electrons. The third-order valence-corrected chi connectivity index (χ3v) is 3.13. The number of carbonyl (C=O) groups excluding carboxylic acids is 2. The van der Waals surface area contributed by atoms with Crippen LogP contribution in [0.1, 0.15) is 5.56 Å². The second kappa shape index (κ2) is 5.31. The number of anilines is 1. The molecule has 2 aliphatic rings. The summed E-state index contributed by atoms with van der Waals surface area (Å²) in [5, 5.41) is -0.344. The van der Waals surface area contributed by atoms with E-state index < -0.39 is 23.6 Å². The van der Waals surface area contributed by atoms with Crippen LogP contribution < -0.4 is 15.6 Å². The van der Waals surface area contributed by atoms with Crippen molar-refractivity contribution < 1.29 is 22.8 Å². The maximum absolute atomic E-state index is 13.3. The Kier molecular flexibility index (Phi) is 3.44. The Labute approximate surface area is 127 Å². The van der Waals surface area contributed by atoms with Gasteiger partial charge in [0.15, 0.2) is 0 Å². The molecule has 0 aliphatic carbocycles. The lowest BCUT2D eigenvalue weighted by Crippen LogP contribution is -2.36. The molecule has 3 rings (SSSR count). The molecule has 0 fully saturated rings. The summed E-state index contributed by atoms with van der Waals surface area (Å²) in [7, 11) is 0. The Balaban J connectivity index is 2.29. The summed E-state index contributed by atoms with van der Waals surface area (Å²) >= 11 is 0. The highest BCUT2D eigenvalue weighted by Crippen LogP contribution is 2.35. The predicted molar refractivity (Wildman–Crippen MR) is 73.7 cm³/mol. The molecule has 0 saturated carbocycles. The van der Waals surface area contributed by atoms with E-state index in [-0.39, 0.29) is 16.4 Å². The zero-order valence-corrected chi connectivity index (χ0v) is 11.4. The number of nitrogens with zero attached hydrogens (tertiary/aromatic N) is 3. The van der Waals surface area contributed by atoms with Crippen molar-refractivity contribution in [1.82, 2.24) is 0 Å². The van der Waals surface area contributed by atoms with Gasteiger partial charge in [0.05, 0.1) is 22.0 Å². The lowest BCUT2D eigenvalue weighted by molar-refractivity contribution is -0.137. The van der Waals surface area contributed by atoms with Gasteiger partial charge in [-0.25, -0.2) is 9.98 Å². The molecule has 5 nitrogen and oxygen atoms in total. The average Bonchev–Trinajstić information content (AvgIpc) is 2.75. The molecule has 0 unspecified atom stereocenters. The Morgan fingerprint density at radius 3 is 1.87 bits per heavy atom. The van der Waals surface area contributed by atoms with E-state index in [9.17, 15) is 22.8 Å². The number of halogens is 3. The van der Waals surface area contributed by atoms with Crippen LogP contribution in [0.4, 0.5) is 18.9 Å². The summed E-state index contributed by atoms with van der Waals surface area (Å²) in [4.78, 5) is 30.6. The molecule has 8 heteroatoms. The molecular formula is C15H8F3N3O2. The second-order valence-electron chi connectivity index (χ2n) is 4.66. The minimum atomic E-state index is -4.66. The van der Waals surface area contributed by atoms with Crippen LogP contribution in [-0.4, -0.2) is 11.8 Å². The molecular weight excluding hydrogens is 311 g/mol. The summed E-state index contributed by atoms with van der Waals surface area (Å²) < 4.78 is 40.0. The fraction of sp³-hybridized carbons (Fsp3) is 0.0667. The Bertz CT molecular complexity index is 895. The fourth-order valence-electron chi connectivity index (χ4n) is 2.12. The second-order valence-corrected chi connectivity index (χ2v) is 4.66. The number of amides is 2. The number of alkyl halides is 3. The maximum atomic E-state index is 13.3. The SMILES string of the molecule is O=C1N=c2cc(N3C=CC=CC=C3)c(C(F)(F)F)cc2=NC1=O. The first-order valence-corrected chi connectivity index (χ1v) is 6.43. The Morgan fingerprint density at radius 2 is 1.35 bits per heavy atom. The van der Waals surface area contributed by atoms with Gasteiger partial charge in [-0.05, 0) is 24.3 Å². The van der Waals surface area contributed by atoms with E-state index >= 15 is 0 Å². The standard InChI is InChI=1S/C15H8F3N3O2/c16-15(17,18)9-7-10-11(20-14(23)13(22)19-10)8-12(9)21-5-3-1-2-4-6-21/h1-8H. The van der Waals surface area contributed by atoms with Gasteiger partial charge in [0.25, 0.3) is 0 Å². The average molecular weight is 319 g/mol. The van der Waals surface area contributed by atoms with Gasteiger partial charge in [-0.1, -0.05) is 12.2 Å². The first-order chi connectivity index (χ1) is 10.9. The number of hydrogen-bond acceptors (Lipinski definition) is 3. The van der Waals surface area contributed by atoms with Crippen molar-refractivity contribution in [3.8, 4) is 0 Å². The van der Waals surface area contributed by atoms with E-state index in [1.165, 1.54) is 17.3 Å². The number of rotatable bonds is 1. The number of fused-ring (bicyclic) bond motifs is 1. The molecule has 1 aromatic carbocycles. The number of carbonyl (C=O) groups is 2. The molecule has 23 heavy (non-hydrogen) atoms. The van der Waals surface area contributed by atoms with Gasteiger partial charge < -0.3 is 4.90 Å². The summed E-state index contributed by atoms with van der Waals surface area (Å²) in [6.07, 6.45) is 4.65. The topological polar surface area (TPSA) is 62.1 Å². The van der Waals surface area contributed by atoms with E-state index in [0.29, 0.717) is 0 Å². The van der Waals surface area contributed by atoms with Gasteiger partial charge in [0, 0.05) is 12.4 Å². The molecule has 2 heterocycles. The third kappa shape index (κ3) is 2.83. The highest BCUT2D eigenvalue weighted by Gasteiger charge is 2.35. The molecule has 0 radical (unpaired) electrons. The van der Waals surface area contributed by atoms with Gasteiger partial charge >= 0.3 is 18.0 Å². The van der Waals surface area contributed by atoms with Crippen molar-refractivity contribution in [1.29, 1.82) is 0 Å². The van der Waals surface area contributed by atoms with E-state index in [2.05, 4.69) is 9.98 Å². The van der Waals surface area contributed by atoms with Crippen LogP contribution >= 0.6 is 0 Å². The molecule has 0 saturated heterocycles. The molecule has 0 N–H and O–H groups in total. The van der Waals surface area contributed by atoms with Crippen molar-refractivity contribution in [3.63, 3.8) is 0 Å². The lowest BCUT2D eigenvalue weighted by atomic mass is 10.1. The Morgan fingerprint density at radius 1 is 0.826 bits per heavy atom. The van der Waals surface area contributed by atoms with Crippen LogP contribution in [-0.2, 0) is 15.8 Å². The van der Waals surface area contributed by atoms with Crippen LogP contribution in [0.15, 0.2) is 58.8 Å². The highest BCUT2D eigenvalue weighted by atomic mass is 19.4. The Hall–Kier alpha value is -3.03. The van der Waals surface area contributed by atoms with E-state index in [4.69, 9.17) is 0 Å². The normalized spacial score (nSPS) is 16.7. The van der Waals surface area contributed by atoms with Gasteiger partial charge in [-0.2, -0.15) is 13.2 Å². The smallest absolute Gasteiger partial charge is 0.323 e. The number of allylic oxidation sites excluding steroid dienone is 4. The first kappa shape index (κ1) is 14.9. The maximum Gasteiger partial charge on any atom is 0.418 e. The zero-order chi connectivity index (χ0) is 16.6. The number of benzene rings is 1. The minimum absolute atomic E-state index is 0.0726. The first-order valence-electron chi connectivity index (χ1n) is 6.43. The lowest BCUT2D eigenvalue weighted by Gasteiger charge is -2.20. The molecule has 2 amide bonds. The van der Waals surface area contributed by atoms with Crippen LogP contribution in [0.25, 0.3) is 0 Å². The van der Waals surface area contributed by atoms with Gasteiger partial charge in [0.1, 0.15) is 0 Å². The molecule has 0 spiro atoms. The van der Waals surface area contributed by atoms with Gasteiger partial charge in [0.2, 0.25) is 0 Å². The fourth-order valence-corrected chi connectivity index (χ4v) is 2.12. The molecule has 1 aromatic rings. The molecule has 0 atom stereocenters. The zero-order valence-electron chi connectivity index (χ0n) is 11.4. The summed E-state index contributed by atoms with van der Waals surface area (Å²) in [5.41, 5.74) is -1.19. The van der Waals surface area contributed by atoms with Crippen molar-refractivity contribution >= 4 is 17.5 Å². The van der Waals surface area contributed by atoms with Crippen LogP contribution in [0, 0.1) is 0 Å². The number of hydrogen-bond donors (Lipinski definition) is 0. The summed E-state index contributed by atoms with van der Waals surface area (Å²) in [6, 6.07) is 1.81. The van der Waals surface area contributed by atoms with Gasteiger partial charge in [-0.3, -0.25) is 9.59 Å². The largest absolute Gasteiger partial charge is 0.418 e. The summed E-state index contributed by atoms with van der Waals surface area (Å²) in [6.45, 7) is 0. The third-order valence-electron chi connectivity index (χ3n) is 3.13. The molecule has 0 bridgehead atoms. The van der Waals surface area contributed by atoms with Crippen LogP contribution in [0.2, 0.25) is 0 Å². The molecule has 2 aliphatic heterocycles. The van der Waals surface area contributed by atoms with Gasteiger partial charge in [-0.15, -0.1) is 0 Å². The predicted octanol–water partition coefficient (Wildman–Crippen LogP) is 1.41. The van der Waals surface area contributed by atoms with Crippen molar-refractivity contribution in [2.75, 3.05) is 4.90 Å². The summed E-state index contributed by atoms with van der Waals surface area (Å²) in [5.74, 6) is -2.29. The minimum Gasteiger partial charge on any atom is -0.323 e. The highest BCUT2D eigenvalue weighted by molar-refractivity contribution is 6.36. The monoisotopic (exact) mass is 319 g/mol. The van der Waals surface area contributed by atoms with E-state index in [1.54, 1.807) is 24.3 Å². The van der Waals surface area contributed by atoms with E-state index in [1.807, 2.05) is 0 Å². The van der Waals surface area contributed by atoms with Crippen LogP contribution in [0.3, 0.4) is 0 Å².